The number of aryl methyl sites for hydroxylation is 1. The zero-order valence-corrected chi connectivity index (χ0v) is 9.96. The fourth-order valence-corrected chi connectivity index (χ4v) is 1.38. The van der Waals surface area contributed by atoms with Crippen molar-refractivity contribution in [1.29, 1.82) is 0 Å². The van der Waals surface area contributed by atoms with Crippen LogP contribution in [0.3, 0.4) is 0 Å². The number of anilines is 1. The van der Waals surface area contributed by atoms with E-state index in [1.54, 1.807) is 19.1 Å². The van der Waals surface area contributed by atoms with Crippen molar-refractivity contribution < 1.29 is 14.3 Å². The Balaban J connectivity index is 2.58. The highest BCUT2D eigenvalue weighted by molar-refractivity contribution is 5.89. The second kappa shape index (κ2) is 6.20. The summed E-state index contributed by atoms with van der Waals surface area (Å²) in [7, 11) is 0. The molecule has 0 fully saturated rings. The first-order valence-electron chi connectivity index (χ1n) is 5.47. The number of carbonyl (C=O) groups excluding carboxylic acids is 1. The Bertz CT molecular complexity index is 396. The number of aliphatic hydroxyl groups is 1. The highest BCUT2D eigenvalue weighted by Gasteiger charge is 2.09. The summed E-state index contributed by atoms with van der Waals surface area (Å²) in [5.41, 5.74) is 1.02. The van der Waals surface area contributed by atoms with Crippen LogP contribution in [-0.4, -0.2) is 23.8 Å². The fraction of sp³-hybridized carbons (Fsp3) is 0.417. The van der Waals surface area contributed by atoms with E-state index < -0.39 is 11.8 Å². The lowest BCUT2D eigenvalue weighted by molar-refractivity contribution is 0.241. The van der Waals surface area contributed by atoms with Gasteiger partial charge in [0.1, 0.15) is 5.82 Å². The van der Waals surface area contributed by atoms with Crippen LogP contribution in [-0.2, 0) is 0 Å². The number of halogens is 1. The van der Waals surface area contributed by atoms with Gasteiger partial charge in [-0.1, -0.05) is 6.07 Å². The molecular formula is C12H17FN2O2. The van der Waals surface area contributed by atoms with E-state index in [1.165, 1.54) is 6.07 Å². The minimum atomic E-state index is -0.476. The van der Waals surface area contributed by atoms with Crippen LogP contribution in [0.5, 0.6) is 0 Å². The standard InChI is InChI=1S/C12H17FN2O2/c1-8-3-4-10(13)11(7-8)15-12(17)14-9(2)5-6-16/h3-4,7,9,16H,5-6H2,1-2H3,(H2,14,15,17)/t9-/m1/s1. The summed E-state index contributed by atoms with van der Waals surface area (Å²) in [5, 5.41) is 13.7. The lowest BCUT2D eigenvalue weighted by Crippen LogP contribution is -2.36. The molecule has 0 aliphatic carbocycles. The van der Waals surface area contributed by atoms with E-state index in [0.717, 1.165) is 5.56 Å². The van der Waals surface area contributed by atoms with Crippen molar-refractivity contribution in [2.24, 2.45) is 0 Å². The first kappa shape index (κ1) is 13.4. The number of nitrogens with one attached hydrogen (secondary N) is 2. The lowest BCUT2D eigenvalue weighted by atomic mass is 10.2. The maximum absolute atomic E-state index is 13.3. The molecule has 0 aromatic heterocycles. The molecule has 0 spiro atoms. The molecule has 0 unspecified atom stereocenters. The zero-order chi connectivity index (χ0) is 12.8. The summed E-state index contributed by atoms with van der Waals surface area (Å²) in [6.07, 6.45) is 0.462. The quantitative estimate of drug-likeness (QED) is 0.754. The van der Waals surface area contributed by atoms with Gasteiger partial charge in [0, 0.05) is 12.6 Å². The predicted octanol–water partition coefficient (Wildman–Crippen LogP) is 2.03. The van der Waals surface area contributed by atoms with Crippen molar-refractivity contribution in [3.05, 3.63) is 29.6 Å². The van der Waals surface area contributed by atoms with Crippen LogP contribution in [0.15, 0.2) is 18.2 Å². The van der Waals surface area contributed by atoms with Crippen molar-refractivity contribution in [3.63, 3.8) is 0 Å². The van der Waals surface area contributed by atoms with Gasteiger partial charge in [0.2, 0.25) is 0 Å². The van der Waals surface area contributed by atoms with Crippen molar-refractivity contribution in [2.75, 3.05) is 11.9 Å². The minimum absolute atomic E-state index is 0.000251. The second-order valence-corrected chi connectivity index (χ2v) is 4.00. The summed E-state index contributed by atoms with van der Waals surface area (Å²) in [6.45, 7) is 3.58. The summed E-state index contributed by atoms with van der Waals surface area (Å²) >= 11 is 0. The molecule has 17 heavy (non-hydrogen) atoms. The van der Waals surface area contributed by atoms with Gasteiger partial charge < -0.3 is 15.7 Å². The van der Waals surface area contributed by atoms with Crippen molar-refractivity contribution in [2.45, 2.75) is 26.3 Å². The smallest absolute Gasteiger partial charge is 0.319 e. The molecule has 4 nitrogen and oxygen atoms in total. The normalized spacial score (nSPS) is 12.0. The van der Waals surface area contributed by atoms with E-state index in [0.29, 0.717) is 6.42 Å². The van der Waals surface area contributed by atoms with Crippen molar-refractivity contribution in [3.8, 4) is 0 Å². The van der Waals surface area contributed by atoms with E-state index in [-0.39, 0.29) is 18.3 Å². The predicted molar refractivity (Wildman–Crippen MR) is 64.5 cm³/mol. The van der Waals surface area contributed by atoms with E-state index >= 15 is 0 Å². The van der Waals surface area contributed by atoms with Crippen LogP contribution in [0.1, 0.15) is 18.9 Å². The highest BCUT2D eigenvalue weighted by atomic mass is 19.1. The van der Waals surface area contributed by atoms with E-state index in [2.05, 4.69) is 10.6 Å². The number of rotatable bonds is 4. The Morgan fingerprint density at radius 2 is 2.24 bits per heavy atom. The number of urea groups is 1. The Morgan fingerprint density at radius 1 is 1.53 bits per heavy atom. The van der Waals surface area contributed by atoms with Gasteiger partial charge in [-0.2, -0.15) is 0 Å². The topological polar surface area (TPSA) is 61.4 Å². The summed E-state index contributed by atoms with van der Waals surface area (Å²) in [4.78, 5) is 11.5. The van der Waals surface area contributed by atoms with Gasteiger partial charge in [0.15, 0.2) is 0 Å². The number of hydrogen-bond acceptors (Lipinski definition) is 2. The number of carbonyl (C=O) groups is 1. The lowest BCUT2D eigenvalue weighted by Gasteiger charge is -2.13. The summed E-state index contributed by atoms with van der Waals surface area (Å²) < 4.78 is 13.3. The fourth-order valence-electron chi connectivity index (χ4n) is 1.38. The van der Waals surface area contributed by atoms with Gasteiger partial charge in [-0.25, -0.2) is 9.18 Å². The number of benzene rings is 1. The summed E-state index contributed by atoms with van der Waals surface area (Å²) in [5.74, 6) is -0.472. The van der Waals surface area contributed by atoms with Crippen LogP contribution < -0.4 is 10.6 Å². The Labute approximate surface area is 99.8 Å². The molecule has 0 saturated heterocycles. The van der Waals surface area contributed by atoms with Crippen LogP contribution in [0.4, 0.5) is 14.9 Å². The average molecular weight is 240 g/mol. The molecule has 1 aromatic rings. The first-order chi connectivity index (χ1) is 8.02. The van der Waals surface area contributed by atoms with Crippen molar-refractivity contribution >= 4 is 11.7 Å². The summed E-state index contributed by atoms with van der Waals surface area (Å²) in [6, 6.07) is 3.86. The maximum atomic E-state index is 13.3. The molecule has 0 aliphatic rings. The van der Waals surface area contributed by atoms with E-state index in [9.17, 15) is 9.18 Å². The monoisotopic (exact) mass is 240 g/mol. The molecule has 0 radical (unpaired) electrons. The third kappa shape index (κ3) is 4.40. The average Bonchev–Trinajstić information content (AvgIpc) is 2.23. The van der Waals surface area contributed by atoms with Crippen molar-refractivity contribution in [1.82, 2.24) is 5.32 Å². The second-order valence-electron chi connectivity index (χ2n) is 4.00. The molecule has 5 heteroatoms. The third-order valence-electron chi connectivity index (χ3n) is 2.31. The van der Waals surface area contributed by atoms with E-state index in [4.69, 9.17) is 5.11 Å². The van der Waals surface area contributed by atoms with E-state index in [1.807, 2.05) is 6.92 Å². The van der Waals surface area contributed by atoms with Gasteiger partial charge in [0.05, 0.1) is 5.69 Å². The molecule has 1 atom stereocenters. The molecule has 2 amide bonds. The molecule has 94 valence electrons. The Kier molecular flexibility index (Phi) is 4.90. The van der Waals surface area contributed by atoms with Crippen LogP contribution in [0.2, 0.25) is 0 Å². The maximum Gasteiger partial charge on any atom is 0.319 e. The number of hydrogen-bond donors (Lipinski definition) is 3. The van der Waals surface area contributed by atoms with Gasteiger partial charge in [-0.05, 0) is 38.0 Å². The minimum Gasteiger partial charge on any atom is -0.396 e. The van der Waals surface area contributed by atoms with Gasteiger partial charge in [0.25, 0.3) is 0 Å². The van der Waals surface area contributed by atoms with Crippen LogP contribution >= 0.6 is 0 Å². The zero-order valence-electron chi connectivity index (χ0n) is 9.96. The van der Waals surface area contributed by atoms with Crippen LogP contribution in [0, 0.1) is 12.7 Å². The highest BCUT2D eigenvalue weighted by Crippen LogP contribution is 2.15. The Hall–Kier alpha value is -1.62. The van der Waals surface area contributed by atoms with Gasteiger partial charge >= 0.3 is 6.03 Å². The van der Waals surface area contributed by atoms with Gasteiger partial charge in [-0.15, -0.1) is 0 Å². The van der Waals surface area contributed by atoms with Crippen LogP contribution in [0.25, 0.3) is 0 Å². The van der Waals surface area contributed by atoms with Gasteiger partial charge in [-0.3, -0.25) is 0 Å². The molecule has 0 aliphatic heterocycles. The third-order valence-corrected chi connectivity index (χ3v) is 2.31. The number of aliphatic hydroxyl groups excluding tert-OH is 1. The Morgan fingerprint density at radius 3 is 2.88 bits per heavy atom. The largest absolute Gasteiger partial charge is 0.396 e. The molecule has 3 N–H and O–H groups in total. The molecule has 0 saturated carbocycles. The molecule has 1 rings (SSSR count). The first-order valence-corrected chi connectivity index (χ1v) is 5.47. The molecule has 0 bridgehead atoms. The number of amides is 2. The SMILES string of the molecule is Cc1ccc(F)c(NC(=O)N[C@H](C)CCO)c1. The molecular weight excluding hydrogens is 223 g/mol. The molecule has 0 heterocycles. The molecule has 1 aromatic carbocycles.